The number of nitrogens with zero attached hydrogens (tertiary/aromatic N) is 3. The van der Waals surface area contributed by atoms with Crippen molar-refractivity contribution in [2.75, 3.05) is 18.0 Å². The van der Waals surface area contributed by atoms with Gasteiger partial charge in [0.25, 0.3) is 5.56 Å². The Balaban J connectivity index is 2.29. The highest BCUT2D eigenvalue weighted by Gasteiger charge is 2.36. The van der Waals surface area contributed by atoms with Crippen molar-refractivity contribution >= 4 is 11.8 Å². The van der Waals surface area contributed by atoms with Gasteiger partial charge in [-0.2, -0.15) is 0 Å². The molecule has 1 aliphatic heterocycles. The van der Waals surface area contributed by atoms with Crippen LogP contribution in [0.2, 0.25) is 0 Å². The summed E-state index contributed by atoms with van der Waals surface area (Å²) in [6.07, 6.45) is 3.22. The highest BCUT2D eigenvalue weighted by molar-refractivity contribution is 5.72. The quantitative estimate of drug-likeness (QED) is 0.842. The van der Waals surface area contributed by atoms with Crippen LogP contribution in [0.15, 0.2) is 17.2 Å². The maximum absolute atomic E-state index is 12.1. The summed E-state index contributed by atoms with van der Waals surface area (Å²) in [5, 5.41) is 9.09. The van der Waals surface area contributed by atoms with E-state index in [2.05, 4.69) is 4.98 Å². The van der Waals surface area contributed by atoms with Gasteiger partial charge in [0.2, 0.25) is 0 Å². The molecule has 18 heavy (non-hydrogen) atoms. The molecule has 1 aliphatic rings. The number of carboxylic acid groups (broad SMARTS) is 1. The van der Waals surface area contributed by atoms with E-state index in [9.17, 15) is 9.59 Å². The van der Waals surface area contributed by atoms with Crippen LogP contribution < -0.4 is 10.5 Å². The predicted molar refractivity (Wildman–Crippen MR) is 66.7 cm³/mol. The van der Waals surface area contributed by atoms with E-state index in [1.54, 1.807) is 21.9 Å². The fourth-order valence-corrected chi connectivity index (χ4v) is 2.36. The van der Waals surface area contributed by atoms with Crippen LogP contribution in [0.3, 0.4) is 0 Å². The summed E-state index contributed by atoms with van der Waals surface area (Å²) in [5.41, 5.74) is -0.154. The Morgan fingerprint density at radius 2 is 2.28 bits per heavy atom. The van der Waals surface area contributed by atoms with Crippen molar-refractivity contribution < 1.29 is 9.90 Å². The first-order chi connectivity index (χ1) is 8.54. The monoisotopic (exact) mass is 251 g/mol. The molecule has 2 atom stereocenters. The van der Waals surface area contributed by atoms with Gasteiger partial charge in [-0.3, -0.25) is 9.59 Å². The molecule has 0 bridgehead atoms. The largest absolute Gasteiger partial charge is 0.481 e. The molecule has 0 amide bonds. The number of aromatic nitrogens is 2. The average Bonchev–Trinajstić information content (AvgIpc) is 2.71. The molecule has 1 saturated heterocycles. The lowest BCUT2D eigenvalue weighted by molar-refractivity contribution is -0.142. The van der Waals surface area contributed by atoms with Crippen LogP contribution in [0.25, 0.3) is 0 Å². The van der Waals surface area contributed by atoms with Crippen LogP contribution in [0, 0.1) is 11.8 Å². The zero-order valence-electron chi connectivity index (χ0n) is 10.5. The first-order valence-electron chi connectivity index (χ1n) is 6.07. The van der Waals surface area contributed by atoms with E-state index in [-0.39, 0.29) is 11.5 Å². The summed E-state index contributed by atoms with van der Waals surface area (Å²) in [7, 11) is 0. The summed E-state index contributed by atoms with van der Waals surface area (Å²) in [4.78, 5) is 29.0. The Hall–Kier alpha value is -1.85. The van der Waals surface area contributed by atoms with Gasteiger partial charge in [0.05, 0.1) is 5.92 Å². The van der Waals surface area contributed by atoms with E-state index in [0.717, 1.165) is 0 Å². The van der Waals surface area contributed by atoms with Crippen LogP contribution in [-0.4, -0.2) is 33.7 Å². The van der Waals surface area contributed by atoms with E-state index in [1.807, 2.05) is 13.8 Å². The van der Waals surface area contributed by atoms with Crippen molar-refractivity contribution in [3.05, 3.63) is 22.7 Å². The van der Waals surface area contributed by atoms with Crippen molar-refractivity contribution in [1.82, 2.24) is 9.55 Å². The van der Waals surface area contributed by atoms with E-state index in [1.165, 1.54) is 0 Å². The van der Waals surface area contributed by atoms with Crippen LogP contribution in [0.5, 0.6) is 0 Å². The van der Waals surface area contributed by atoms with Crippen LogP contribution in [0.4, 0.5) is 5.82 Å². The molecule has 1 aromatic rings. The number of aliphatic carboxylic acids is 1. The van der Waals surface area contributed by atoms with Gasteiger partial charge in [-0.15, -0.1) is 0 Å². The molecule has 0 unspecified atom stereocenters. The number of carbonyl (C=O) groups is 1. The van der Waals surface area contributed by atoms with Crippen molar-refractivity contribution in [2.45, 2.75) is 20.4 Å². The fourth-order valence-electron chi connectivity index (χ4n) is 2.36. The molecule has 6 heteroatoms. The third-order valence-corrected chi connectivity index (χ3v) is 3.47. The molecular formula is C12H17N3O3. The zero-order valence-corrected chi connectivity index (χ0v) is 10.5. The highest BCUT2D eigenvalue weighted by atomic mass is 16.4. The minimum atomic E-state index is -0.809. The second-order valence-corrected chi connectivity index (χ2v) is 4.67. The molecule has 2 rings (SSSR count). The molecule has 0 saturated carbocycles. The summed E-state index contributed by atoms with van der Waals surface area (Å²) < 4.78 is 1.57. The second kappa shape index (κ2) is 4.80. The molecule has 98 valence electrons. The van der Waals surface area contributed by atoms with Gasteiger partial charge in [-0.25, -0.2) is 4.98 Å². The van der Waals surface area contributed by atoms with E-state index in [4.69, 9.17) is 5.11 Å². The number of hydrogen-bond acceptors (Lipinski definition) is 4. The summed E-state index contributed by atoms with van der Waals surface area (Å²) in [5.74, 6) is -0.854. The van der Waals surface area contributed by atoms with E-state index >= 15 is 0 Å². The Morgan fingerprint density at radius 3 is 2.83 bits per heavy atom. The standard InChI is InChI=1S/C12H17N3O3/c1-3-14-5-4-13-10(11(14)16)15-6-8(2)9(7-15)12(17)18/h4-5,8-9H,3,6-7H2,1-2H3,(H,17,18)/t8-,9-/m1/s1. The Morgan fingerprint density at radius 1 is 1.56 bits per heavy atom. The zero-order chi connectivity index (χ0) is 13.3. The summed E-state index contributed by atoms with van der Waals surface area (Å²) in [6, 6.07) is 0. The van der Waals surface area contributed by atoms with Crippen molar-refractivity contribution in [3.63, 3.8) is 0 Å². The third-order valence-electron chi connectivity index (χ3n) is 3.47. The van der Waals surface area contributed by atoms with Gasteiger partial charge in [0.1, 0.15) is 0 Å². The first kappa shape index (κ1) is 12.6. The van der Waals surface area contributed by atoms with Gasteiger partial charge < -0.3 is 14.6 Å². The Bertz CT molecular complexity index is 512. The maximum Gasteiger partial charge on any atom is 0.308 e. The molecule has 2 heterocycles. The van der Waals surface area contributed by atoms with Crippen LogP contribution in [0.1, 0.15) is 13.8 Å². The molecule has 0 aromatic carbocycles. The number of anilines is 1. The molecule has 0 spiro atoms. The maximum atomic E-state index is 12.1. The molecule has 1 fully saturated rings. The van der Waals surface area contributed by atoms with Crippen molar-refractivity contribution in [2.24, 2.45) is 11.8 Å². The van der Waals surface area contributed by atoms with Crippen LogP contribution in [-0.2, 0) is 11.3 Å². The molecular weight excluding hydrogens is 234 g/mol. The third kappa shape index (κ3) is 2.10. The van der Waals surface area contributed by atoms with E-state index in [0.29, 0.717) is 25.5 Å². The van der Waals surface area contributed by atoms with Crippen molar-refractivity contribution in [1.29, 1.82) is 0 Å². The van der Waals surface area contributed by atoms with Gasteiger partial charge >= 0.3 is 5.97 Å². The number of aryl methyl sites for hydroxylation is 1. The second-order valence-electron chi connectivity index (χ2n) is 4.67. The smallest absolute Gasteiger partial charge is 0.308 e. The van der Waals surface area contributed by atoms with Gasteiger partial charge in [-0.05, 0) is 12.8 Å². The van der Waals surface area contributed by atoms with E-state index < -0.39 is 11.9 Å². The predicted octanol–water partition coefficient (Wildman–Crippen LogP) is 0.420. The van der Waals surface area contributed by atoms with Gasteiger partial charge in [-0.1, -0.05) is 6.92 Å². The minimum Gasteiger partial charge on any atom is -0.481 e. The van der Waals surface area contributed by atoms with Gasteiger partial charge in [0.15, 0.2) is 5.82 Å². The number of carboxylic acids is 1. The fraction of sp³-hybridized carbons (Fsp3) is 0.583. The normalized spacial score (nSPS) is 23.3. The summed E-state index contributed by atoms with van der Waals surface area (Å²) in [6.45, 7) is 5.28. The SMILES string of the molecule is CCn1ccnc(N2C[C@@H](C)[C@H](C(=O)O)C2)c1=O. The molecule has 6 nitrogen and oxygen atoms in total. The lowest BCUT2D eigenvalue weighted by Crippen LogP contribution is -2.32. The first-order valence-corrected chi connectivity index (χ1v) is 6.07. The van der Waals surface area contributed by atoms with Crippen molar-refractivity contribution in [3.8, 4) is 0 Å². The molecule has 0 radical (unpaired) electrons. The average molecular weight is 251 g/mol. The Kier molecular flexibility index (Phi) is 3.36. The topological polar surface area (TPSA) is 75.4 Å². The van der Waals surface area contributed by atoms with Crippen LogP contribution >= 0.6 is 0 Å². The minimum absolute atomic E-state index is 0.0268. The Labute approximate surface area is 105 Å². The molecule has 1 aromatic heterocycles. The van der Waals surface area contributed by atoms with Gasteiger partial charge in [0, 0.05) is 32.0 Å². The molecule has 0 aliphatic carbocycles. The highest BCUT2D eigenvalue weighted by Crippen LogP contribution is 2.25. The number of hydrogen-bond donors (Lipinski definition) is 1. The molecule has 1 N–H and O–H groups in total. The lowest BCUT2D eigenvalue weighted by Gasteiger charge is -2.16. The summed E-state index contributed by atoms with van der Waals surface area (Å²) >= 11 is 0. The lowest BCUT2D eigenvalue weighted by atomic mass is 9.99. The number of rotatable bonds is 3.